The molecule has 0 spiro atoms. The van der Waals surface area contributed by atoms with E-state index >= 15 is 0 Å². The third-order valence-electron chi connectivity index (χ3n) is 5.71. The fourth-order valence-corrected chi connectivity index (χ4v) is 4.24. The maximum absolute atomic E-state index is 14.2. The van der Waals surface area contributed by atoms with Crippen molar-refractivity contribution < 1.29 is 13.9 Å². The molecule has 0 aliphatic carbocycles. The van der Waals surface area contributed by atoms with Crippen LogP contribution < -0.4 is 4.74 Å². The number of halogens is 1. The monoisotopic (exact) mass is 404 g/mol. The summed E-state index contributed by atoms with van der Waals surface area (Å²) < 4.78 is 21.6. The standard InChI is InChI=1S/C23H21FN4O2/c1-27(14-17-5-3-4-6-20(17)24)22(29)23(10-9-18-13-26-15-28(18)23)19-8-7-16(12-25)11-21(19)30-2/h3-8,11,13,15H,9-10,14H2,1-2H3. The van der Waals surface area contributed by atoms with Gasteiger partial charge in [-0.3, -0.25) is 4.79 Å². The number of benzene rings is 2. The summed E-state index contributed by atoms with van der Waals surface area (Å²) >= 11 is 0. The van der Waals surface area contributed by atoms with Gasteiger partial charge < -0.3 is 14.2 Å². The molecule has 0 radical (unpaired) electrons. The Labute approximate surface area is 174 Å². The predicted octanol–water partition coefficient (Wildman–Crippen LogP) is 3.25. The molecule has 1 aromatic heterocycles. The van der Waals surface area contributed by atoms with Gasteiger partial charge in [-0.25, -0.2) is 9.37 Å². The second kappa shape index (κ2) is 7.64. The number of hydrogen-bond acceptors (Lipinski definition) is 4. The molecule has 0 fully saturated rings. The molecule has 1 aliphatic rings. The van der Waals surface area contributed by atoms with Gasteiger partial charge in [-0.15, -0.1) is 0 Å². The highest BCUT2D eigenvalue weighted by molar-refractivity contribution is 5.89. The summed E-state index contributed by atoms with van der Waals surface area (Å²) in [6.07, 6.45) is 4.59. The van der Waals surface area contributed by atoms with Crippen molar-refractivity contribution >= 4 is 5.91 Å². The molecule has 0 N–H and O–H groups in total. The molecule has 2 heterocycles. The van der Waals surface area contributed by atoms with Crippen LogP contribution in [0.1, 0.15) is 28.8 Å². The number of imidazole rings is 1. The summed E-state index contributed by atoms with van der Waals surface area (Å²) in [4.78, 5) is 19.7. The minimum absolute atomic E-state index is 0.135. The third kappa shape index (κ3) is 3.01. The molecule has 1 aliphatic heterocycles. The van der Waals surface area contributed by atoms with E-state index in [2.05, 4.69) is 11.1 Å². The van der Waals surface area contributed by atoms with E-state index in [-0.39, 0.29) is 18.3 Å². The zero-order valence-corrected chi connectivity index (χ0v) is 16.8. The van der Waals surface area contributed by atoms with Gasteiger partial charge in [-0.2, -0.15) is 5.26 Å². The van der Waals surface area contributed by atoms with Crippen molar-refractivity contribution in [1.29, 1.82) is 5.26 Å². The van der Waals surface area contributed by atoms with E-state index in [9.17, 15) is 14.4 Å². The van der Waals surface area contributed by atoms with Crippen molar-refractivity contribution in [2.24, 2.45) is 0 Å². The Morgan fingerprint density at radius 1 is 1.37 bits per heavy atom. The Morgan fingerprint density at radius 3 is 2.90 bits per heavy atom. The number of aromatic nitrogens is 2. The quantitative estimate of drug-likeness (QED) is 0.655. The highest BCUT2D eigenvalue weighted by Crippen LogP contribution is 2.44. The van der Waals surface area contributed by atoms with Gasteiger partial charge in [0.05, 0.1) is 25.1 Å². The van der Waals surface area contributed by atoms with Crippen LogP contribution in [0.25, 0.3) is 0 Å². The predicted molar refractivity (Wildman–Crippen MR) is 108 cm³/mol. The van der Waals surface area contributed by atoms with Gasteiger partial charge in [0.1, 0.15) is 11.6 Å². The molecule has 6 nitrogen and oxygen atoms in total. The number of methoxy groups -OCH3 is 1. The number of fused-ring (bicyclic) bond motifs is 1. The van der Waals surface area contributed by atoms with Gasteiger partial charge in [-0.05, 0) is 31.0 Å². The van der Waals surface area contributed by atoms with E-state index in [1.807, 2.05) is 4.57 Å². The van der Waals surface area contributed by atoms with Crippen molar-refractivity contribution in [2.75, 3.05) is 14.2 Å². The van der Waals surface area contributed by atoms with E-state index < -0.39 is 5.54 Å². The maximum atomic E-state index is 14.2. The Hall–Kier alpha value is -3.66. The van der Waals surface area contributed by atoms with Crippen LogP contribution in [-0.4, -0.2) is 34.5 Å². The molecule has 7 heteroatoms. The summed E-state index contributed by atoms with van der Waals surface area (Å²) in [5.41, 5.74) is 1.41. The molecule has 1 amide bonds. The SMILES string of the molecule is COc1cc(C#N)ccc1C1(C(=O)N(C)Cc2ccccc2F)CCc2cncn21. The Kier molecular flexibility index (Phi) is 5.00. The fourth-order valence-electron chi connectivity index (χ4n) is 4.24. The van der Waals surface area contributed by atoms with Crippen molar-refractivity contribution in [3.8, 4) is 11.8 Å². The molecule has 0 bridgehead atoms. The first-order chi connectivity index (χ1) is 14.5. The van der Waals surface area contributed by atoms with E-state index in [0.29, 0.717) is 35.3 Å². The minimum Gasteiger partial charge on any atom is -0.496 e. The van der Waals surface area contributed by atoms with Crippen LogP contribution in [0, 0.1) is 17.1 Å². The topological polar surface area (TPSA) is 71.2 Å². The number of carbonyl (C=O) groups is 1. The number of nitriles is 1. The number of hydrogen-bond donors (Lipinski definition) is 0. The van der Waals surface area contributed by atoms with Crippen molar-refractivity contribution in [3.63, 3.8) is 0 Å². The summed E-state index contributed by atoms with van der Waals surface area (Å²) in [6.45, 7) is 0.135. The van der Waals surface area contributed by atoms with E-state index in [1.165, 1.54) is 18.1 Å². The van der Waals surface area contributed by atoms with Gasteiger partial charge in [0.15, 0.2) is 5.54 Å². The van der Waals surface area contributed by atoms with Crippen LogP contribution in [0.3, 0.4) is 0 Å². The number of ether oxygens (including phenoxy) is 1. The van der Waals surface area contributed by atoms with E-state index in [4.69, 9.17) is 4.74 Å². The van der Waals surface area contributed by atoms with Gasteiger partial charge >= 0.3 is 0 Å². The molecule has 3 aromatic rings. The van der Waals surface area contributed by atoms with Crippen LogP contribution in [0.5, 0.6) is 5.75 Å². The van der Waals surface area contributed by atoms with Crippen molar-refractivity contribution in [2.45, 2.75) is 24.9 Å². The summed E-state index contributed by atoms with van der Waals surface area (Å²) in [7, 11) is 3.19. The lowest BCUT2D eigenvalue weighted by Crippen LogP contribution is -2.48. The normalized spacial score (nSPS) is 17.3. The number of carbonyl (C=O) groups excluding carboxylic acids is 1. The second-order valence-electron chi connectivity index (χ2n) is 7.39. The number of rotatable bonds is 5. The van der Waals surface area contributed by atoms with Crippen LogP contribution in [0.15, 0.2) is 55.0 Å². The first-order valence-electron chi connectivity index (χ1n) is 9.60. The summed E-state index contributed by atoms with van der Waals surface area (Å²) in [5, 5.41) is 9.26. The average Bonchev–Trinajstić information content (AvgIpc) is 3.37. The largest absolute Gasteiger partial charge is 0.496 e. The maximum Gasteiger partial charge on any atom is 0.253 e. The van der Waals surface area contributed by atoms with Crippen LogP contribution in [0.2, 0.25) is 0 Å². The van der Waals surface area contributed by atoms with Crippen LogP contribution in [-0.2, 0) is 23.3 Å². The van der Waals surface area contributed by atoms with Crippen molar-refractivity contribution in [3.05, 3.63) is 83.2 Å². The van der Waals surface area contributed by atoms with Gasteiger partial charge in [0, 0.05) is 36.6 Å². The molecule has 152 valence electrons. The van der Waals surface area contributed by atoms with E-state index in [0.717, 1.165) is 5.69 Å². The van der Waals surface area contributed by atoms with Gasteiger partial charge in [0.2, 0.25) is 0 Å². The van der Waals surface area contributed by atoms with Gasteiger partial charge in [-0.1, -0.05) is 24.3 Å². The molecular formula is C23H21FN4O2. The lowest BCUT2D eigenvalue weighted by molar-refractivity contribution is -0.137. The van der Waals surface area contributed by atoms with E-state index in [1.54, 1.807) is 56.0 Å². The smallest absolute Gasteiger partial charge is 0.253 e. The molecule has 2 aromatic carbocycles. The first-order valence-corrected chi connectivity index (χ1v) is 9.60. The Morgan fingerprint density at radius 2 is 2.17 bits per heavy atom. The number of likely N-dealkylation sites (N-methyl/N-ethyl adjacent to an activating group) is 1. The zero-order chi connectivity index (χ0) is 21.3. The molecular weight excluding hydrogens is 383 g/mol. The van der Waals surface area contributed by atoms with Crippen LogP contribution >= 0.6 is 0 Å². The third-order valence-corrected chi connectivity index (χ3v) is 5.71. The molecule has 0 saturated carbocycles. The highest BCUT2D eigenvalue weighted by Gasteiger charge is 2.49. The molecule has 1 unspecified atom stereocenters. The minimum atomic E-state index is -1.08. The first kappa shape index (κ1) is 19.6. The number of nitrogens with zero attached hydrogens (tertiary/aromatic N) is 4. The van der Waals surface area contributed by atoms with Gasteiger partial charge in [0.25, 0.3) is 5.91 Å². The number of aryl methyl sites for hydroxylation is 1. The van der Waals surface area contributed by atoms with Crippen LogP contribution in [0.4, 0.5) is 4.39 Å². The summed E-state index contributed by atoms with van der Waals surface area (Å²) in [5.74, 6) is -0.0781. The summed E-state index contributed by atoms with van der Waals surface area (Å²) in [6, 6.07) is 13.6. The van der Waals surface area contributed by atoms with Crippen molar-refractivity contribution in [1.82, 2.24) is 14.5 Å². The average molecular weight is 404 g/mol. The lowest BCUT2D eigenvalue weighted by atomic mass is 9.84. The fraction of sp³-hybridized carbons (Fsp3) is 0.261. The molecule has 1 atom stereocenters. The zero-order valence-electron chi connectivity index (χ0n) is 16.8. The Balaban J connectivity index is 1.82. The second-order valence-corrected chi connectivity index (χ2v) is 7.39. The Bertz CT molecular complexity index is 1150. The highest BCUT2D eigenvalue weighted by atomic mass is 19.1. The molecule has 4 rings (SSSR count). The lowest BCUT2D eigenvalue weighted by Gasteiger charge is -2.35. The molecule has 30 heavy (non-hydrogen) atoms. The number of amides is 1. The molecule has 0 saturated heterocycles.